The predicted molar refractivity (Wildman–Crippen MR) is 130 cm³/mol. The largest absolute Gasteiger partial charge is 0.338 e. The van der Waals surface area contributed by atoms with Gasteiger partial charge < -0.3 is 9.80 Å². The van der Waals surface area contributed by atoms with Gasteiger partial charge in [-0.25, -0.2) is 8.42 Å². The van der Waals surface area contributed by atoms with E-state index in [-0.39, 0.29) is 29.6 Å². The molecule has 1 aromatic carbocycles. The summed E-state index contributed by atoms with van der Waals surface area (Å²) in [5.41, 5.74) is 2.85. The van der Waals surface area contributed by atoms with Gasteiger partial charge in [0, 0.05) is 56.1 Å². The SMILES string of the molecule is CCN(CC)S(=O)(=O)c1ccc2c(c1)CCCN2C(=O)CCC(=O)N1CCc2sccc2C1. The number of sulfonamides is 1. The highest BCUT2D eigenvalue weighted by atomic mass is 32.2. The molecule has 2 amide bonds. The molecular weight excluding hydrogens is 458 g/mol. The summed E-state index contributed by atoms with van der Waals surface area (Å²) in [6.07, 6.45) is 2.74. The Labute approximate surface area is 200 Å². The molecule has 0 aliphatic carbocycles. The van der Waals surface area contributed by atoms with Gasteiger partial charge in [0.2, 0.25) is 21.8 Å². The quantitative estimate of drug-likeness (QED) is 0.597. The molecule has 2 aliphatic heterocycles. The minimum absolute atomic E-state index is 0.0121. The monoisotopic (exact) mass is 489 g/mol. The molecule has 7 nitrogen and oxygen atoms in total. The van der Waals surface area contributed by atoms with Gasteiger partial charge in [-0.3, -0.25) is 9.59 Å². The Morgan fingerprint density at radius 3 is 2.52 bits per heavy atom. The average molecular weight is 490 g/mol. The number of nitrogens with zero attached hydrogens (tertiary/aromatic N) is 3. The average Bonchev–Trinajstić information content (AvgIpc) is 3.30. The second kappa shape index (κ2) is 9.95. The minimum Gasteiger partial charge on any atom is -0.338 e. The molecule has 2 aliphatic rings. The number of aryl methyl sites for hydroxylation is 1. The molecule has 0 fully saturated rings. The van der Waals surface area contributed by atoms with Crippen LogP contribution in [0.15, 0.2) is 34.5 Å². The first kappa shape index (κ1) is 23.9. The molecule has 0 bridgehead atoms. The zero-order valence-electron chi connectivity index (χ0n) is 19.2. The molecule has 4 rings (SSSR count). The lowest BCUT2D eigenvalue weighted by Crippen LogP contribution is -2.38. The van der Waals surface area contributed by atoms with Crippen molar-refractivity contribution in [3.05, 3.63) is 45.6 Å². The van der Waals surface area contributed by atoms with Gasteiger partial charge in [-0.1, -0.05) is 13.8 Å². The van der Waals surface area contributed by atoms with Gasteiger partial charge in [0.25, 0.3) is 0 Å². The molecule has 0 spiro atoms. The Hall–Kier alpha value is -2.23. The van der Waals surface area contributed by atoms with Crippen LogP contribution in [-0.4, -0.2) is 55.6 Å². The number of rotatable bonds is 7. The number of hydrogen-bond donors (Lipinski definition) is 0. The van der Waals surface area contributed by atoms with E-state index in [9.17, 15) is 18.0 Å². The summed E-state index contributed by atoms with van der Waals surface area (Å²) in [6, 6.07) is 7.12. The fraction of sp³-hybridized carbons (Fsp3) is 0.500. The van der Waals surface area contributed by atoms with Gasteiger partial charge in [-0.2, -0.15) is 4.31 Å². The third-order valence-corrected chi connectivity index (χ3v) is 9.60. The van der Waals surface area contributed by atoms with E-state index in [0.717, 1.165) is 30.5 Å². The second-order valence-electron chi connectivity index (χ2n) is 8.46. The summed E-state index contributed by atoms with van der Waals surface area (Å²) in [5, 5.41) is 2.06. The number of fused-ring (bicyclic) bond motifs is 2. The van der Waals surface area contributed by atoms with Crippen LogP contribution in [0.4, 0.5) is 5.69 Å². The normalized spacial score (nSPS) is 16.0. The highest BCUT2D eigenvalue weighted by molar-refractivity contribution is 7.89. The van der Waals surface area contributed by atoms with Crippen molar-refractivity contribution in [2.45, 2.75) is 57.4 Å². The van der Waals surface area contributed by atoms with Crippen molar-refractivity contribution < 1.29 is 18.0 Å². The van der Waals surface area contributed by atoms with Crippen LogP contribution in [-0.2, 0) is 39.0 Å². The van der Waals surface area contributed by atoms with Crippen molar-refractivity contribution >= 4 is 38.9 Å². The molecule has 0 saturated carbocycles. The molecule has 0 radical (unpaired) electrons. The Balaban J connectivity index is 1.42. The van der Waals surface area contributed by atoms with Gasteiger partial charge in [0.05, 0.1) is 4.90 Å². The lowest BCUT2D eigenvalue weighted by Gasteiger charge is -2.31. The van der Waals surface area contributed by atoms with Crippen molar-refractivity contribution in [1.82, 2.24) is 9.21 Å². The summed E-state index contributed by atoms with van der Waals surface area (Å²) in [7, 11) is -3.54. The molecular formula is C24H31N3O4S2. The van der Waals surface area contributed by atoms with E-state index >= 15 is 0 Å². The van der Waals surface area contributed by atoms with Crippen molar-refractivity contribution in [2.24, 2.45) is 0 Å². The zero-order valence-corrected chi connectivity index (χ0v) is 20.9. The van der Waals surface area contributed by atoms with E-state index in [4.69, 9.17) is 0 Å². The van der Waals surface area contributed by atoms with Crippen LogP contribution >= 0.6 is 11.3 Å². The molecule has 178 valence electrons. The van der Waals surface area contributed by atoms with Crippen LogP contribution in [0, 0.1) is 0 Å². The lowest BCUT2D eigenvalue weighted by atomic mass is 10.0. The van der Waals surface area contributed by atoms with Crippen LogP contribution in [0.5, 0.6) is 0 Å². The Bertz CT molecular complexity index is 1140. The molecule has 0 atom stereocenters. The van der Waals surface area contributed by atoms with Gasteiger partial charge in [0.15, 0.2) is 0 Å². The Morgan fingerprint density at radius 2 is 1.76 bits per heavy atom. The van der Waals surface area contributed by atoms with Gasteiger partial charge >= 0.3 is 0 Å². The van der Waals surface area contributed by atoms with Crippen LogP contribution in [0.1, 0.15) is 49.1 Å². The molecule has 3 heterocycles. The van der Waals surface area contributed by atoms with Crippen LogP contribution in [0.25, 0.3) is 0 Å². The number of carbonyl (C=O) groups is 2. The predicted octanol–water partition coefficient (Wildman–Crippen LogP) is 3.42. The molecule has 0 saturated heterocycles. The summed E-state index contributed by atoms with van der Waals surface area (Å²) in [5.74, 6) is -0.0741. The van der Waals surface area contributed by atoms with E-state index in [0.29, 0.717) is 32.7 Å². The van der Waals surface area contributed by atoms with Crippen molar-refractivity contribution in [2.75, 3.05) is 31.1 Å². The van der Waals surface area contributed by atoms with Crippen LogP contribution in [0.3, 0.4) is 0 Å². The molecule has 0 N–H and O–H groups in total. The number of hydrogen-bond acceptors (Lipinski definition) is 5. The maximum atomic E-state index is 13.0. The Kier molecular flexibility index (Phi) is 7.21. The first-order chi connectivity index (χ1) is 15.8. The van der Waals surface area contributed by atoms with E-state index < -0.39 is 10.0 Å². The number of amides is 2. The van der Waals surface area contributed by atoms with Crippen molar-refractivity contribution in [1.29, 1.82) is 0 Å². The van der Waals surface area contributed by atoms with E-state index in [1.165, 1.54) is 14.7 Å². The van der Waals surface area contributed by atoms with Gasteiger partial charge in [-0.15, -0.1) is 11.3 Å². The molecule has 1 aromatic heterocycles. The maximum absolute atomic E-state index is 13.0. The topological polar surface area (TPSA) is 78.0 Å². The van der Waals surface area contributed by atoms with Crippen molar-refractivity contribution in [3.8, 4) is 0 Å². The smallest absolute Gasteiger partial charge is 0.243 e. The maximum Gasteiger partial charge on any atom is 0.243 e. The van der Waals surface area contributed by atoms with Gasteiger partial charge in [-0.05, 0) is 60.0 Å². The Morgan fingerprint density at radius 1 is 1.00 bits per heavy atom. The number of carbonyl (C=O) groups excluding carboxylic acids is 2. The highest BCUT2D eigenvalue weighted by Gasteiger charge is 2.28. The van der Waals surface area contributed by atoms with Gasteiger partial charge in [0.1, 0.15) is 0 Å². The standard InChI is InChI=1S/C24H31N3O4S2/c1-3-26(4-2)33(30,31)20-7-8-21-18(16-20)6-5-13-27(21)24(29)10-9-23(28)25-14-11-22-19(17-25)12-15-32-22/h7-8,12,15-16H,3-6,9-11,13-14,17H2,1-2H3. The molecule has 9 heteroatoms. The van der Waals surface area contributed by atoms with E-state index in [1.807, 2.05) is 18.7 Å². The highest BCUT2D eigenvalue weighted by Crippen LogP contribution is 2.31. The minimum atomic E-state index is -3.54. The summed E-state index contributed by atoms with van der Waals surface area (Å²) in [4.78, 5) is 30.9. The third kappa shape index (κ3) is 4.85. The molecule has 0 unspecified atom stereocenters. The fourth-order valence-corrected chi connectivity index (χ4v) is 7.07. The third-order valence-electron chi connectivity index (χ3n) is 6.53. The van der Waals surface area contributed by atoms with Crippen LogP contribution in [0.2, 0.25) is 0 Å². The fourth-order valence-electron chi connectivity index (χ4n) is 4.67. The van der Waals surface area contributed by atoms with Crippen LogP contribution < -0.4 is 4.90 Å². The first-order valence-electron chi connectivity index (χ1n) is 11.6. The van der Waals surface area contributed by atoms with E-state index in [2.05, 4.69) is 11.4 Å². The number of anilines is 1. The molecule has 33 heavy (non-hydrogen) atoms. The number of thiophene rings is 1. The second-order valence-corrected chi connectivity index (χ2v) is 11.4. The summed E-state index contributed by atoms with van der Waals surface area (Å²) >= 11 is 1.74. The summed E-state index contributed by atoms with van der Waals surface area (Å²) in [6.45, 7) is 6.40. The zero-order chi connectivity index (χ0) is 23.6. The number of benzene rings is 1. The molecule has 2 aromatic rings. The lowest BCUT2D eigenvalue weighted by molar-refractivity contribution is -0.134. The summed E-state index contributed by atoms with van der Waals surface area (Å²) < 4.78 is 27.2. The first-order valence-corrected chi connectivity index (χ1v) is 13.9. The van der Waals surface area contributed by atoms with Crippen molar-refractivity contribution in [3.63, 3.8) is 0 Å². The van der Waals surface area contributed by atoms with E-state index in [1.54, 1.807) is 34.4 Å².